The Morgan fingerprint density at radius 1 is 1.11 bits per heavy atom. The summed E-state index contributed by atoms with van der Waals surface area (Å²) >= 11 is 0. The van der Waals surface area contributed by atoms with Crippen molar-refractivity contribution in [3.8, 4) is 0 Å². The van der Waals surface area contributed by atoms with Crippen LogP contribution in [0.2, 0.25) is 0 Å². The highest BCUT2D eigenvalue weighted by Gasteiger charge is 2.41. The van der Waals surface area contributed by atoms with E-state index in [4.69, 9.17) is 0 Å². The molecule has 1 aromatic rings. The van der Waals surface area contributed by atoms with E-state index in [2.05, 4.69) is 31.2 Å². The minimum absolute atomic E-state index is 0.451. The van der Waals surface area contributed by atoms with Gasteiger partial charge in [0.1, 0.15) is 0 Å². The van der Waals surface area contributed by atoms with Crippen LogP contribution in [-0.4, -0.2) is 5.11 Å². The van der Waals surface area contributed by atoms with Gasteiger partial charge in [-0.15, -0.1) is 0 Å². The molecule has 0 amide bonds. The SMILES string of the molecule is CCC1CCCC1(O)c1ccc(C2CCC2)cc1. The normalized spacial score (nSPS) is 32.4. The Balaban J connectivity index is 1.83. The van der Waals surface area contributed by atoms with Gasteiger partial charge in [0.25, 0.3) is 0 Å². The summed E-state index contributed by atoms with van der Waals surface area (Å²) in [5.41, 5.74) is 2.07. The maximum absolute atomic E-state index is 10.9. The highest BCUT2D eigenvalue weighted by atomic mass is 16.3. The molecule has 0 radical (unpaired) electrons. The lowest BCUT2D eigenvalue weighted by Crippen LogP contribution is -2.29. The molecule has 2 aliphatic rings. The lowest BCUT2D eigenvalue weighted by atomic mass is 9.78. The molecule has 98 valence electrons. The number of hydrogen-bond acceptors (Lipinski definition) is 1. The van der Waals surface area contributed by atoms with Gasteiger partial charge < -0.3 is 5.11 Å². The van der Waals surface area contributed by atoms with Crippen LogP contribution in [0.5, 0.6) is 0 Å². The molecule has 1 aromatic carbocycles. The first-order valence-corrected chi connectivity index (χ1v) is 7.57. The fourth-order valence-electron chi connectivity index (χ4n) is 3.77. The molecule has 0 aromatic heterocycles. The predicted octanol–water partition coefficient (Wildman–Crippen LogP) is 4.35. The maximum atomic E-state index is 10.9. The molecular formula is C17H24O. The number of aliphatic hydroxyl groups is 1. The molecule has 2 saturated carbocycles. The third kappa shape index (κ3) is 1.89. The average molecular weight is 244 g/mol. The van der Waals surface area contributed by atoms with Gasteiger partial charge in [-0.2, -0.15) is 0 Å². The quantitative estimate of drug-likeness (QED) is 0.838. The summed E-state index contributed by atoms with van der Waals surface area (Å²) in [4.78, 5) is 0. The van der Waals surface area contributed by atoms with Crippen molar-refractivity contribution in [2.75, 3.05) is 0 Å². The molecule has 1 N–H and O–H groups in total. The van der Waals surface area contributed by atoms with Crippen LogP contribution in [0.4, 0.5) is 0 Å². The fourth-order valence-corrected chi connectivity index (χ4v) is 3.77. The van der Waals surface area contributed by atoms with Crippen LogP contribution in [0.3, 0.4) is 0 Å². The first-order chi connectivity index (χ1) is 8.74. The lowest BCUT2D eigenvalue weighted by Gasteiger charge is -2.31. The third-order valence-corrected chi connectivity index (χ3v) is 5.27. The molecule has 0 heterocycles. The number of rotatable bonds is 3. The molecule has 3 rings (SSSR count). The van der Waals surface area contributed by atoms with E-state index >= 15 is 0 Å². The van der Waals surface area contributed by atoms with Gasteiger partial charge in [0.05, 0.1) is 5.60 Å². The Hall–Kier alpha value is -0.820. The van der Waals surface area contributed by atoms with Crippen molar-refractivity contribution >= 4 is 0 Å². The van der Waals surface area contributed by atoms with E-state index in [-0.39, 0.29) is 0 Å². The van der Waals surface area contributed by atoms with E-state index in [0.29, 0.717) is 5.92 Å². The Morgan fingerprint density at radius 3 is 2.39 bits per heavy atom. The molecule has 2 fully saturated rings. The predicted molar refractivity (Wildman–Crippen MR) is 74.6 cm³/mol. The van der Waals surface area contributed by atoms with Crippen molar-refractivity contribution in [2.24, 2.45) is 5.92 Å². The largest absolute Gasteiger partial charge is 0.385 e. The molecule has 2 atom stereocenters. The summed E-state index contributed by atoms with van der Waals surface area (Å²) in [5.74, 6) is 1.24. The summed E-state index contributed by atoms with van der Waals surface area (Å²) in [7, 11) is 0. The number of hydrogen-bond donors (Lipinski definition) is 1. The lowest BCUT2D eigenvalue weighted by molar-refractivity contribution is -0.00389. The Labute approximate surface area is 110 Å². The summed E-state index contributed by atoms with van der Waals surface area (Å²) in [6, 6.07) is 8.87. The highest BCUT2D eigenvalue weighted by molar-refractivity contribution is 5.31. The van der Waals surface area contributed by atoms with Crippen LogP contribution in [0.15, 0.2) is 24.3 Å². The van der Waals surface area contributed by atoms with E-state index in [9.17, 15) is 5.11 Å². The molecule has 0 aliphatic heterocycles. The van der Waals surface area contributed by atoms with Crippen LogP contribution in [0, 0.1) is 5.92 Å². The minimum Gasteiger partial charge on any atom is -0.385 e. The van der Waals surface area contributed by atoms with Crippen LogP contribution >= 0.6 is 0 Å². The van der Waals surface area contributed by atoms with Crippen LogP contribution in [-0.2, 0) is 5.60 Å². The third-order valence-electron chi connectivity index (χ3n) is 5.27. The van der Waals surface area contributed by atoms with Gasteiger partial charge in [-0.3, -0.25) is 0 Å². The van der Waals surface area contributed by atoms with E-state index in [1.165, 1.54) is 37.7 Å². The van der Waals surface area contributed by atoms with E-state index in [1.807, 2.05) is 0 Å². The molecular weight excluding hydrogens is 220 g/mol. The minimum atomic E-state index is -0.549. The Morgan fingerprint density at radius 2 is 1.83 bits per heavy atom. The number of benzene rings is 1. The molecule has 1 heteroatoms. The van der Waals surface area contributed by atoms with Gasteiger partial charge in [-0.1, -0.05) is 44.0 Å². The second-order valence-corrected chi connectivity index (χ2v) is 6.17. The van der Waals surface area contributed by atoms with Crippen LogP contribution in [0.25, 0.3) is 0 Å². The maximum Gasteiger partial charge on any atom is 0.0924 e. The van der Waals surface area contributed by atoms with E-state index in [0.717, 1.165) is 24.3 Å². The average Bonchev–Trinajstić information content (AvgIpc) is 2.70. The zero-order valence-electron chi connectivity index (χ0n) is 11.4. The molecule has 18 heavy (non-hydrogen) atoms. The summed E-state index contributed by atoms with van der Waals surface area (Å²) in [5, 5.41) is 10.9. The Kier molecular flexibility index (Phi) is 3.19. The topological polar surface area (TPSA) is 20.2 Å². The van der Waals surface area contributed by atoms with Gasteiger partial charge in [-0.25, -0.2) is 0 Å². The highest BCUT2D eigenvalue weighted by Crippen LogP contribution is 2.45. The second-order valence-electron chi connectivity index (χ2n) is 6.17. The molecule has 2 unspecified atom stereocenters. The molecule has 0 saturated heterocycles. The van der Waals surface area contributed by atoms with E-state index < -0.39 is 5.60 Å². The van der Waals surface area contributed by atoms with Crippen LogP contribution < -0.4 is 0 Å². The van der Waals surface area contributed by atoms with Crippen LogP contribution in [0.1, 0.15) is 68.9 Å². The molecule has 0 spiro atoms. The fraction of sp³-hybridized carbons (Fsp3) is 0.647. The molecule has 0 bridgehead atoms. The van der Waals surface area contributed by atoms with Crippen molar-refractivity contribution in [1.29, 1.82) is 0 Å². The van der Waals surface area contributed by atoms with Crippen molar-refractivity contribution in [3.63, 3.8) is 0 Å². The van der Waals surface area contributed by atoms with Crippen molar-refractivity contribution in [1.82, 2.24) is 0 Å². The monoisotopic (exact) mass is 244 g/mol. The van der Waals surface area contributed by atoms with E-state index in [1.54, 1.807) is 0 Å². The molecule has 2 aliphatic carbocycles. The van der Waals surface area contributed by atoms with Gasteiger partial charge in [0.2, 0.25) is 0 Å². The zero-order valence-corrected chi connectivity index (χ0v) is 11.4. The summed E-state index contributed by atoms with van der Waals surface area (Å²) < 4.78 is 0. The Bertz CT molecular complexity index is 404. The summed E-state index contributed by atoms with van der Waals surface area (Å²) in [6.45, 7) is 2.20. The first-order valence-electron chi connectivity index (χ1n) is 7.57. The van der Waals surface area contributed by atoms with Gasteiger partial charge >= 0.3 is 0 Å². The summed E-state index contributed by atoms with van der Waals surface area (Å²) in [6.07, 6.45) is 8.45. The van der Waals surface area contributed by atoms with Gasteiger partial charge in [0, 0.05) is 0 Å². The zero-order chi connectivity index (χ0) is 12.6. The van der Waals surface area contributed by atoms with Crippen molar-refractivity contribution in [3.05, 3.63) is 35.4 Å². The van der Waals surface area contributed by atoms with Gasteiger partial charge in [0.15, 0.2) is 0 Å². The first kappa shape index (κ1) is 12.2. The van der Waals surface area contributed by atoms with Gasteiger partial charge in [-0.05, 0) is 55.1 Å². The smallest absolute Gasteiger partial charge is 0.0924 e. The van der Waals surface area contributed by atoms with Crippen molar-refractivity contribution < 1.29 is 5.11 Å². The standard InChI is InChI=1S/C17H24O/c1-2-15-7-4-12-17(15,18)16-10-8-14(9-11-16)13-5-3-6-13/h8-11,13,15,18H,2-7,12H2,1H3. The second kappa shape index (κ2) is 4.70. The van der Waals surface area contributed by atoms with Crippen molar-refractivity contribution in [2.45, 2.75) is 63.4 Å². The molecule has 1 nitrogen and oxygen atoms in total.